The number of hydrogen-bond donors (Lipinski definition) is 0. The summed E-state index contributed by atoms with van der Waals surface area (Å²) in [7, 11) is 1.59. The van der Waals surface area contributed by atoms with Crippen LogP contribution in [-0.2, 0) is 4.79 Å². The number of piperazine rings is 1. The van der Waals surface area contributed by atoms with Gasteiger partial charge in [0.15, 0.2) is 11.5 Å². The first-order valence-electron chi connectivity index (χ1n) is 9.50. The van der Waals surface area contributed by atoms with Crippen LogP contribution in [-0.4, -0.2) is 50.7 Å². The van der Waals surface area contributed by atoms with Crippen molar-refractivity contribution >= 4 is 29.3 Å². The molecule has 0 atom stereocenters. The molecule has 0 spiro atoms. The van der Waals surface area contributed by atoms with Gasteiger partial charge in [0.05, 0.1) is 17.8 Å². The average Bonchev–Trinajstić information content (AvgIpc) is 2.76. The lowest BCUT2D eigenvalue weighted by Gasteiger charge is -2.36. The third-order valence-corrected chi connectivity index (χ3v) is 5.07. The van der Waals surface area contributed by atoms with Crippen molar-refractivity contribution in [3.05, 3.63) is 71.8 Å². The van der Waals surface area contributed by atoms with Crippen LogP contribution in [0.15, 0.2) is 61.2 Å². The van der Waals surface area contributed by atoms with Crippen molar-refractivity contribution in [3.63, 3.8) is 0 Å². The summed E-state index contributed by atoms with van der Waals surface area (Å²) in [4.78, 5) is 16.6. The van der Waals surface area contributed by atoms with E-state index in [1.807, 2.05) is 47.4 Å². The lowest BCUT2D eigenvalue weighted by atomic mass is 10.1. The topological polar surface area (TPSA) is 42.0 Å². The Bertz CT molecular complexity index is 889. The summed E-state index contributed by atoms with van der Waals surface area (Å²) < 4.78 is 10.9. The van der Waals surface area contributed by atoms with Crippen LogP contribution >= 0.6 is 11.6 Å². The smallest absolute Gasteiger partial charge is 0.246 e. The fourth-order valence-corrected chi connectivity index (χ4v) is 3.46. The molecule has 0 saturated carbocycles. The van der Waals surface area contributed by atoms with Crippen molar-refractivity contribution in [2.75, 3.05) is 44.8 Å². The molecule has 0 aliphatic carbocycles. The zero-order valence-corrected chi connectivity index (χ0v) is 17.3. The SMILES string of the molecule is C=CCOc1ccc(/C=C/C(=O)N2CCN(c3ccccc3Cl)CC2)cc1OC. The van der Waals surface area contributed by atoms with E-state index < -0.39 is 0 Å². The predicted molar refractivity (Wildman–Crippen MR) is 118 cm³/mol. The van der Waals surface area contributed by atoms with Crippen LogP contribution in [0, 0.1) is 0 Å². The molecule has 29 heavy (non-hydrogen) atoms. The fourth-order valence-electron chi connectivity index (χ4n) is 3.20. The Morgan fingerprint density at radius 2 is 1.90 bits per heavy atom. The lowest BCUT2D eigenvalue weighted by molar-refractivity contribution is -0.126. The summed E-state index contributed by atoms with van der Waals surface area (Å²) in [5.41, 5.74) is 1.89. The molecule has 1 aliphatic rings. The molecule has 1 heterocycles. The molecule has 6 heteroatoms. The van der Waals surface area contributed by atoms with Crippen molar-refractivity contribution in [2.24, 2.45) is 0 Å². The average molecular weight is 413 g/mol. The monoisotopic (exact) mass is 412 g/mol. The molecule has 0 radical (unpaired) electrons. The van der Waals surface area contributed by atoms with Gasteiger partial charge >= 0.3 is 0 Å². The molecule has 2 aromatic carbocycles. The highest BCUT2D eigenvalue weighted by molar-refractivity contribution is 6.33. The Labute approximate surface area is 176 Å². The molecule has 152 valence electrons. The summed E-state index contributed by atoms with van der Waals surface area (Å²) in [5, 5.41) is 0.738. The number of amides is 1. The molecular formula is C23H25ClN2O3. The predicted octanol–water partition coefficient (Wildman–Crippen LogP) is 4.28. The molecule has 1 fully saturated rings. The second-order valence-corrected chi connectivity index (χ2v) is 7.01. The number of carbonyl (C=O) groups is 1. The number of rotatable bonds is 7. The molecule has 0 aromatic heterocycles. The zero-order chi connectivity index (χ0) is 20.6. The first kappa shape index (κ1) is 20.8. The van der Waals surface area contributed by atoms with Gasteiger partial charge in [0, 0.05) is 32.3 Å². The maximum Gasteiger partial charge on any atom is 0.246 e. The second-order valence-electron chi connectivity index (χ2n) is 6.61. The van der Waals surface area contributed by atoms with Gasteiger partial charge in [0.2, 0.25) is 5.91 Å². The number of nitrogens with zero attached hydrogens (tertiary/aromatic N) is 2. The van der Waals surface area contributed by atoms with Gasteiger partial charge in [-0.25, -0.2) is 0 Å². The van der Waals surface area contributed by atoms with Crippen molar-refractivity contribution in [1.29, 1.82) is 0 Å². The van der Waals surface area contributed by atoms with E-state index in [2.05, 4.69) is 11.5 Å². The Morgan fingerprint density at radius 3 is 2.59 bits per heavy atom. The highest BCUT2D eigenvalue weighted by atomic mass is 35.5. The van der Waals surface area contributed by atoms with Gasteiger partial charge in [-0.05, 0) is 35.9 Å². The molecule has 2 aromatic rings. The van der Waals surface area contributed by atoms with E-state index in [9.17, 15) is 4.79 Å². The number of carbonyl (C=O) groups excluding carboxylic acids is 1. The third kappa shape index (κ3) is 5.33. The molecule has 3 rings (SSSR count). The Hall–Kier alpha value is -2.92. The van der Waals surface area contributed by atoms with E-state index in [4.69, 9.17) is 21.1 Å². The number of halogens is 1. The van der Waals surface area contributed by atoms with Crippen molar-refractivity contribution in [3.8, 4) is 11.5 Å². The van der Waals surface area contributed by atoms with E-state index in [-0.39, 0.29) is 5.91 Å². The fraction of sp³-hybridized carbons (Fsp3) is 0.261. The van der Waals surface area contributed by atoms with E-state index in [1.165, 1.54) is 0 Å². The number of ether oxygens (including phenoxy) is 2. The lowest BCUT2D eigenvalue weighted by Crippen LogP contribution is -2.48. The number of methoxy groups -OCH3 is 1. The van der Waals surface area contributed by atoms with Gasteiger partial charge in [0.25, 0.3) is 0 Å². The Balaban J connectivity index is 1.59. The minimum absolute atomic E-state index is 0.00485. The Morgan fingerprint density at radius 1 is 1.14 bits per heavy atom. The molecule has 1 aliphatic heterocycles. The highest BCUT2D eigenvalue weighted by Gasteiger charge is 2.21. The summed E-state index contributed by atoms with van der Waals surface area (Å²) in [6.45, 7) is 6.88. The van der Waals surface area contributed by atoms with Crippen LogP contribution in [0.2, 0.25) is 5.02 Å². The van der Waals surface area contributed by atoms with Gasteiger partial charge < -0.3 is 19.3 Å². The van der Waals surface area contributed by atoms with Gasteiger partial charge in [0.1, 0.15) is 6.61 Å². The maximum atomic E-state index is 12.6. The van der Waals surface area contributed by atoms with Crippen LogP contribution in [0.3, 0.4) is 0 Å². The largest absolute Gasteiger partial charge is 0.493 e. The normalized spacial score (nSPS) is 14.1. The molecule has 0 bridgehead atoms. The van der Waals surface area contributed by atoms with Gasteiger partial charge in [-0.2, -0.15) is 0 Å². The quantitative estimate of drug-likeness (QED) is 0.503. The van der Waals surface area contributed by atoms with Crippen molar-refractivity contribution in [2.45, 2.75) is 0 Å². The Kier molecular flexibility index (Phi) is 7.19. The van der Waals surface area contributed by atoms with Crippen LogP contribution in [0.5, 0.6) is 11.5 Å². The van der Waals surface area contributed by atoms with Crippen molar-refractivity contribution in [1.82, 2.24) is 4.90 Å². The number of hydrogen-bond acceptors (Lipinski definition) is 4. The van der Waals surface area contributed by atoms with Gasteiger partial charge in [-0.1, -0.05) is 42.5 Å². The number of benzene rings is 2. The first-order valence-corrected chi connectivity index (χ1v) is 9.88. The molecule has 1 saturated heterocycles. The van der Waals surface area contributed by atoms with E-state index in [0.717, 1.165) is 29.4 Å². The molecule has 5 nitrogen and oxygen atoms in total. The summed E-state index contributed by atoms with van der Waals surface area (Å²) in [5.74, 6) is 1.26. The van der Waals surface area contributed by atoms with Crippen LogP contribution in [0.4, 0.5) is 5.69 Å². The maximum absolute atomic E-state index is 12.6. The number of para-hydroxylation sites is 1. The highest BCUT2D eigenvalue weighted by Crippen LogP contribution is 2.29. The summed E-state index contributed by atoms with van der Waals surface area (Å²) in [6, 6.07) is 13.4. The van der Waals surface area contributed by atoms with Gasteiger partial charge in [-0.15, -0.1) is 0 Å². The molecule has 1 amide bonds. The second kappa shape index (κ2) is 10.0. The minimum Gasteiger partial charge on any atom is -0.493 e. The standard InChI is InChI=1S/C23H25ClN2O3/c1-3-16-29-21-10-8-18(17-22(21)28-2)9-11-23(27)26-14-12-25(13-15-26)20-7-5-4-6-19(20)24/h3-11,17H,1,12-16H2,2H3/b11-9+. The van der Waals surface area contributed by atoms with Crippen LogP contribution in [0.25, 0.3) is 6.08 Å². The molecule has 0 N–H and O–H groups in total. The molecule has 0 unspecified atom stereocenters. The minimum atomic E-state index is -0.00485. The first-order chi connectivity index (χ1) is 14.1. The summed E-state index contributed by atoms with van der Waals surface area (Å²) in [6.07, 6.45) is 5.07. The van der Waals surface area contributed by atoms with Crippen molar-refractivity contribution < 1.29 is 14.3 Å². The van der Waals surface area contributed by atoms with E-state index >= 15 is 0 Å². The number of anilines is 1. The molecular weight excluding hydrogens is 388 g/mol. The third-order valence-electron chi connectivity index (χ3n) is 4.75. The van der Waals surface area contributed by atoms with Crippen LogP contribution < -0.4 is 14.4 Å². The van der Waals surface area contributed by atoms with Crippen LogP contribution in [0.1, 0.15) is 5.56 Å². The summed E-state index contributed by atoms with van der Waals surface area (Å²) >= 11 is 6.28. The van der Waals surface area contributed by atoms with E-state index in [0.29, 0.717) is 31.2 Å². The zero-order valence-electron chi connectivity index (χ0n) is 16.5. The van der Waals surface area contributed by atoms with Gasteiger partial charge in [-0.3, -0.25) is 4.79 Å². The van der Waals surface area contributed by atoms with E-state index in [1.54, 1.807) is 25.3 Å².